The summed E-state index contributed by atoms with van der Waals surface area (Å²) in [5, 5.41) is 0. The van der Waals surface area contributed by atoms with Gasteiger partial charge in [-0.1, -0.05) is 36.4 Å². The summed E-state index contributed by atoms with van der Waals surface area (Å²) in [6.45, 7) is 2.22. The largest absolute Gasteiger partial charge is 0.378 e. The Hall–Kier alpha value is -3.16. The molecule has 0 aliphatic carbocycles. The molecule has 1 aliphatic heterocycles. The number of anilines is 1. The van der Waals surface area contributed by atoms with Gasteiger partial charge in [0.15, 0.2) is 6.29 Å². The fourth-order valence-electron chi connectivity index (χ4n) is 3.70. The predicted molar refractivity (Wildman–Crippen MR) is 129 cm³/mol. The van der Waals surface area contributed by atoms with E-state index in [2.05, 4.69) is 5.48 Å². The highest BCUT2D eigenvalue weighted by Gasteiger charge is 2.21. The highest BCUT2D eigenvalue weighted by Crippen LogP contribution is 2.29. The molecule has 1 fully saturated rings. The van der Waals surface area contributed by atoms with E-state index in [0.29, 0.717) is 6.61 Å². The number of carbonyl (C=O) groups is 2. The summed E-state index contributed by atoms with van der Waals surface area (Å²) in [5.41, 5.74) is 6.40. The maximum absolute atomic E-state index is 12.2. The molecule has 2 aromatic carbocycles. The van der Waals surface area contributed by atoms with Gasteiger partial charge in [0.2, 0.25) is 5.91 Å². The fourth-order valence-corrected chi connectivity index (χ4v) is 3.70. The van der Waals surface area contributed by atoms with Crippen molar-refractivity contribution in [2.75, 3.05) is 32.6 Å². The highest BCUT2D eigenvalue weighted by atomic mass is 16.8. The quantitative estimate of drug-likeness (QED) is 0.487. The molecule has 2 atom stereocenters. The molecule has 0 bridgehead atoms. The van der Waals surface area contributed by atoms with Gasteiger partial charge in [-0.25, -0.2) is 10.3 Å². The second kappa shape index (κ2) is 11.6. The van der Waals surface area contributed by atoms with Gasteiger partial charge in [-0.15, -0.1) is 0 Å². The van der Waals surface area contributed by atoms with Gasteiger partial charge in [0.1, 0.15) is 0 Å². The van der Waals surface area contributed by atoms with Gasteiger partial charge < -0.3 is 14.5 Å². The summed E-state index contributed by atoms with van der Waals surface area (Å²) in [5.74, 6) is -0.359. The summed E-state index contributed by atoms with van der Waals surface area (Å²) in [7, 11) is 5.80. The van der Waals surface area contributed by atoms with Crippen molar-refractivity contribution in [3.8, 4) is 0 Å². The standard InChI is InChI=1S/C26H33N3O4/c1-19(30)29(4)26(22-13-15-23(16-14-22)28(2)3)21-11-8-20(9-12-21)10-17-24(31)27-33-25-7-5-6-18-32-25/h8-17,25-26H,5-7,18H2,1-4H3,(H,27,31)/b17-10+. The molecule has 3 rings (SSSR count). The molecule has 7 heteroatoms. The van der Waals surface area contributed by atoms with E-state index in [0.717, 1.165) is 41.6 Å². The number of ether oxygens (including phenoxy) is 1. The molecule has 2 aromatic rings. The Kier molecular flexibility index (Phi) is 8.63. The minimum atomic E-state index is -0.377. The maximum atomic E-state index is 12.2. The molecule has 1 saturated heterocycles. The van der Waals surface area contributed by atoms with Gasteiger partial charge in [0.05, 0.1) is 6.04 Å². The molecular formula is C26H33N3O4. The molecule has 33 heavy (non-hydrogen) atoms. The van der Waals surface area contributed by atoms with Crippen LogP contribution in [0, 0.1) is 0 Å². The van der Waals surface area contributed by atoms with Gasteiger partial charge >= 0.3 is 0 Å². The lowest BCUT2D eigenvalue weighted by atomic mass is 9.96. The number of carbonyl (C=O) groups excluding carboxylic acids is 2. The maximum Gasteiger partial charge on any atom is 0.267 e. The lowest BCUT2D eigenvalue weighted by Crippen LogP contribution is -2.32. The van der Waals surface area contributed by atoms with Crippen LogP contribution in [0.15, 0.2) is 54.6 Å². The SMILES string of the molecule is CC(=O)N(C)C(c1ccc(/C=C/C(=O)NOC2CCCCO2)cc1)c1ccc(N(C)C)cc1. The zero-order valence-electron chi connectivity index (χ0n) is 19.8. The second-order valence-electron chi connectivity index (χ2n) is 8.40. The zero-order valence-corrected chi connectivity index (χ0v) is 19.8. The van der Waals surface area contributed by atoms with Crippen LogP contribution in [0.2, 0.25) is 0 Å². The van der Waals surface area contributed by atoms with E-state index in [4.69, 9.17) is 9.57 Å². The number of nitrogens with zero attached hydrogens (tertiary/aromatic N) is 2. The molecule has 176 valence electrons. The predicted octanol–water partition coefficient (Wildman–Crippen LogP) is 3.91. The summed E-state index contributed by atoms with van der Waals surface area (Å²) in [4.78, 5) is 33.3. The van der Waals surface area contributed by atoms with Crippen LogP contribution in [-0.2, 0) is 19.2 Å². The lowest BCUT2D eigenvalue weighted by Gasteiger charge is -2.28. The number of hydrogen-bond donors (Lipinski definition) is 1. The van der Waals surface area contributed by atoms with Crippen LogP contribution in [0.3, 0.4) is 0 Å². The number of nitrogens with one attached hydrogen (secondary N) is 1. The van der Waals surface area contributed by atoms with Crippen molar-refractivity contribution in [3.05, 3.63) is 71.3 Å². The number of rotatable bonds is 8. The first kappa shape index (κ1) is 24.5. The summed E-state index contributed by atoms with van der Waals surface area (Å²) < 4.78 is 5.43. The molecule has 0 saturated carbocycles. The third-order valence-corrected chi connectivity index (χ3v) is 5.72. The van der Waals surface area contributed by atoms with Crippen LogP contribution in [0.25, 0.3) is 6.08 Å². The van der Waals surface area contributed by atoms with Crippen LogP contribution >= 0.6 is 0 Å². The molecule has 0 aromatic heterocycles. The van der Waals surface area contributed by atoms with Crippen molar-refractivity contribution in [1.82, 2.24) is 10.4 Å². The van der Waals surface area contributed by atoms with E-state index in [1.165, 1.54) is 6.08 Å². The van der Waals surface area contributed by atoms with Crippen molar-refractivity contribution in [3.63, 3.8) is 0 Å². The van der Waals surface area contributed by atoms with E-state index in [-0.39, 0.29) is 24.1 Å². The number of hydroxylamine groups is 1. The number of hydrogen-bond acceptors (Lipinski definition) is 5. The van der Waals surface area contributed by atoms with Crippen LogP contribution in [-0.4, -0.2) is 50.8 Å². The molecule has 1 aliphatic rings. The van der Waals surface area contributed by atoms with Crippen molar-refractivity contribution < 1.29 is 19.2 Å². The van der Waals surface area contributed by atoms with E-state index in [1.807, 2.05) is 67.5 Å². The number of benzene rings is 2. The normalized spacial score (nSPS) is 16.9. The minimum Gasteiger partial charge on any atom is -0.378 e. The molecule has 2 unspecified atom stereocenters. The topological polar surface area (TPSA) is 71.1 Å². The van der Waals surface area contributed by atoms with E-state index in [9.17, 15) is 9.59 Å². The van der Waals surface area contributed by atoms with Crippen LogP contribution < -0.4 is 10.4 Å². The van der Waals surface area contributed by atoms with E-state index < -0.39 is 0 Å². The lowest BCUT2D eigenvalue weighted by molar-refractivity contribution is -0.198. The van der Waals surface area contributed by atoms with E-state index >= 15 is 0 Å². The molecule has 0 radical (unpaired) electrons. The van der Waals surface area contributed by atoms with Crippen LogP contribution in [0.5, 0.6) is 0 Å². The number of amides is 2. The third-order valence-electron chi connectivity index (χ3n) is 5.72. The van der Waals surface area contributed by atoms with Gasteiger partial charge in [-0.05, 0) is 47.7 Å². The molecule has 7 nitrogen and oxygen atoms in total. The first-order valence-corrected chi connectivity index (χ1v) is 11.2. The van der Waals surface area contributed by atoms with Crippen LogP contribution in [0.4, 0.5) is 5.69 Å². The van der Waals surface area contributed by atoms with Crippen molar-refractivity contribution in [2.45, 2.75) is 38.5 Å². The van der Waals surface area contributed by atoms with Crippen molar-refractivity contribution in [2.24, 2.45) is 0 Å². The Labute approximate surface area is 195 Å². The zero-order chi connectivity index (χ0) is 23.8. The first-order chi connectivity index (χ1) is 15.8. The Morgan fingerprint density at radius 3 is 2.21 bits per heavy atom. The molecular weight excluding hydrogens is 418 g/mol. The molecule has 2 amide bonds. The summed E-state index contributed by atoms with van der Waals surface area (Å²) in [6, 6.07) is 15.8. The highest BCUT2D eigenvalue weighted by molar-refractivity contribution is 5.90. The second-order valence-corrected chi connectivity index (χ2v) is 8.40. The summed E-state index contributed by atoms with van der Waals surface area (Å²) in [6.07, 6.45) is 5.60. The average Bonchev–Trinajstić information content (AvgIpc) is 2.83. The van der Waals surface area contributed by atoms with Gasteiger partial charge in [0.25, 0.3) is 5.91 Å². The van der Waals surface area contributed by atoms with Gasteiger partial charge in [0, 0.05) is 52.9 Å². The van der Waals surface area contributed by atoms with Gasteiger partial charge in [-0.3, -0.25) is 9.59 Å². The Balaban J connectivity index is 1.68. The fraction of sp³-hybridized carbons (Fsp3) is 0.385. The summed E-state index contributed by atoms with van der Waals surface area (Å²) >= 11 is 0. The Bertz CT molecular complexity index is 949. The van der Waals surface area contributed by atoms with Gasteiger partial charge in [-0.2, -0.15) is 0 Å². The van der Waals surface area contributed by atoms with Crippen molar-refractivity contribution in [1.29, 1.82) is 0 Å². The minimum absolute atomic E-state index is 0.0146. The third kappa shape index (κ3) is 6.91. The smallest absolute Gasteiger partial charge is 0.267 e. The molecule has 0 spiro atoms. The monoisotopic (exact) mass is 451 g/mol. The van der Waals surface area contributed by atoms with E-state index in [1.54, 1.807) is 24.9 Å². The average molecular weight is 452 g/mol. The molecule has 1 heterocycles. The molecule has 1 N–H and O–H groups in total. The Morgan fingerprint density at radius 1 is 1.03 bits per heavy atom. The first-order valence-electron chi connectivity index (χ1n) is 11.2. The van der Waals surface area contributed by atoms with Crippen LogP contribution in [0.1, 0.15) is 48.9 Å². The van der Waals surface area contributed by atoms with Crippen molar-refractivity contribution >= 4 is 23.6 Å². The Morgan fingerprint density at radius 2 is 1.67 bits per heavy atom.